The molecule has 2 nitrogen and oxygen atoms in total. The van der Waals surface area contributed by atoms with Crippen LogP contribution >= 0.6 is 0 Å². The Bertz CT molecular complexity index is 217. The van der Waals surface area contributed by atoms with E-state index >= 15 is 0 Å². The summed E-state index contributed by atoms with van der Waals surface area (Å²) in [7, 11) is 0. The van der Waals surface area contributed by atoms with Crippen LogP contribution < -0.4 is 5.73 Å². The van der Waals surface area contributed by atoms with Gasteiger partial charge in [-0.25, -0.2) is 0 Å². The van der Waals surface area contributed by atoms with Crippen LogP contribution in [0.25, 0.3) is 0 Å². The Morgan fingerprint density at radius 1 is 0.941 bits per heavy atom. The summed E-state index contributed by atoms with van der Waals surface area (Å²) in [6.45, 7) is 7.31. The van der Waals surface area contributed by atoms with Gasteiger partial charge in [0.15, 0.2) is 0 Å². The SMILES string of the molecule is CC1CCCN(CC2CCCCC2CN)CC1. The van der Waals surface area contributed by atoms with E-state index in [-0.39, 0.29) is 0 Å². The molecule has 0 aromatic carbocycles. The largest absolute Gasteiger partial charge is 0.330 e. The zero-order valence-electron chi connectivity index (χ0n) is 11.5. The van der Waals surface area contributed by atoms with Crippen molar-refractivity contribution in [3.05, 3.63) is 0 Å². The number of hydrogen-bond donors (Lipinski definition) is 1. The van der Waals surface area contributed by atoms with Gasteiger partial charge in [-0.15, -0.1) is 0 Å². The van der Waals surface area contributed by atoms with E-state index in [0.29, 0.717) is 0 Å². The highest BCUT2D eigenvalue weighted by molar-refractivity contribution is 4.80. The van der Waals surface area contributed by atoms with E-state index in [0.717, 1.165) is 24.3 Å². The van der Waals surface area contributed by atoms with Gasteiger partial charge in [-0.2, -0.15) is 0 Å². The van der Waals surface area contributed by atoms with Crippen molar-refractivity contribution in [2.24, 2.45) is 23.5 Å². The molecule has 2 fully saturated rings. The third kappa shape index (κ3) is 3.96. The molecule has 1 heterocycles. The molecule has 17 heavy (non-hydrogen) atoms. The lowest BCUT2D eigenvalue weighted by Gasteiger charge is -2.34. The molecular weight excluding hydrogens is 208 g/mol. The van der Waals surface area contributed by atoms with Crippen molar-refractivity contribution in [2.75, 3.05) is 26.2 Å². The Balaban J connectivity index is 1.81. The summed E-state index contributed by atoms with van der Waals surface area (Å²) in [5.41, 5.74) is 5.93. The summed E-state index contributed by atoms with van der Waals surface area (Å²) in [6.07, 6.45) is 9.89. The molecule has 2 aliphatic rings. The molecule has 0 bridgehead atoms. The molecule has 1 aliphatic carbocycles. The number of nitrogens with two attached hydrogens (primary N) is 1. The molecule has 0 spiro atoms. The Hall–Kier alpha value is -0.0800. The van der Waals surface area contributed by atoms with Gasteiger partial charge in [-0.1, -0.05) is 19.8 Å². The molecule has 100 valence electrons. The molecule has 1 saturated heterocycles. The van der Waals surface area contributed by atoms with E-state index in [9.17, 15) is 0 Å². The van der Waals surface area contributed by atoms with Crippen molar-refractivity contribution in [2.45, 2.75) is 51.9 Å². The highest BCUT2D eigenvalue weighted by Crippen LogP contribution is 2.30. The third-order valence-electron chi connectivity index (χ3n) is 4.97. The van der Waals surface area contributed by atoms with Gasteiger partial charge in [0.05, 0.1) is 0 Å². The van der Waals surface area contributed by atoms with Crippen LogP contribution in [0.5, 0.6) is 0 Å². The monoisotopic (exact) mass is 238 g/mol. The van der Waals surface area contributed by atoms with Crippen LogP contribution in [0.15, 0.2) is 0 Å². The number of rotatable bonds is 3. The van der Waals surface area contributed by atoms with Crippen molar-refractivity contribution in [1.82, 2.24) is 4.90 Å². The van der Waals surface area contributed by atoms with Crippen molar-refractivity contribution in [3.63, 3.8) is 0 Å². The van der Waals surface area contributed by atoms with E-state index in [4.69, 9.17) is 5.73 Å². The minimum absolute atomic E-state index is 0.810. The van der Waals surface area contributed by atoms with Crippen LogP contribution in [0.4, 0.5) is 0 Å². The van der Waals surface area contributed by atoms with E-state index in [1.165, 1.54) is 64.6 Å². The van der Waals surface area contributed by atoms with Gasteiger partial charge in [0.2, 0.25) is 0 Å². The first kappa shape index (κ1) is 13.4. The minimum Gasteiger partial charge on any atom is -0.330 e. The maximum absolute atomic E-state index is 5.93. The Labute approximate surface area is 107 Å². The average molecular weight is 238 g/mol. The smallest absolute Gasteiger partial charge is 0.00128 e. The fourth-order valence-electron chi connectivity index (χ4n) is 3.67. The van der Waals surface area contributed by atoms with Crippen molar-refractivity contribution >= 4 is 0 Å². The number of likely N-dealkylation sites (tertiary alicyclic amines) is 1. The summed E-state index contributed by atoms with van der Waals surface area (Å²) in [5.74, 6) is 2.64. The Morgan fingerprint density at radius 2 is 1.71 bits per heavy atom. The highest BCUT2D eigenvalue weighted by Gasteiger charge is 2.26. The molecular formula is C15H30N2. The zero-order valence-corrected chi connectivity index (χ0v) is 11.5. The molecule has 1 saturated carbocycles. The van der Waals surface area contributed by atoms with Gasteiger partial charge < -0.3 is 10.6 Å². The van der Waals surface area contributed by atoms with Gasteiger partial charge in [0.25, 0.3) is 0 Å². The lowest BCUT2D eigenvalue weighted by atomic mass is 9.79. The molecule has 1 aliphatic heterocycles. The van der Waals surface area contributed by atoms with Gasteiger partial charge >= 0.3 is 0 Å². The normalized spacial score (nSPS) is 36.7. The van der Waals surface area contributed by atoms with Crippen LogP contribution in [0.2, 0.25) is 0 Å². The summed E-state index contributed by atoms with van der Waals surface area (Å²) in [6, 6.07) is 0. The quantitative estimate of drug-likeness (QED) is 0.819. The van der Waals surface area contributed by atoms with Crippen LogP contribution in [-0.4, -0.2) is 31.1 Å². The predicted octanol–water partition coefficient (Wildman–Crippen LogP) is 2.87. The number of hydrogen-bond acceptors (Lipinski definition) is 2. The summed E-state index contributed by atoms with van der Waals surface area (Å²) >= 11 is 0. The van der Waals surface area contributed by atoms with E-state index in [1.807, 2.05) is 0 Å². The maximum Gasteiger partial charge on any atom is 0.00128 e. The van der Waals surface area contributed by atoms with Crippen molar-refractivity contribution < 1.29 is 0 Å². The topological polar surface area (TPSA) is 29.3 Å². The molecule has 3 unspecified atom stereocenters. The minimum atomic E-state index is 0.810. The molecule has 2 heteroatoms. The van der Waals surface area contributed by atoms with Crippen LogP contribution in [-0.2, 0) is 0 Å². The molecule has 0 aromatic heterocycles. The van der Waals surface area contributed by atoms with Crippen LogP contribution in [0.1, 0.15) is 51.9 Å². The first-order chi connectivity index (χ1) is 8.29. The third-order valence-corrected chi connectivity index (χ3v) is 4.97. The van der Waals surface area contributed by atoms with E-state index < -0.39 is 0 Å². The summed E-state index contributed by atoms with van der Waals surface area (Å²) in [5, 5.41) is 0. The second-order valence-electron chi connectivity index (χ2n) is 6.38. The van der Waals surface area contributed by atoms with Crippen LogP contribution in [0.3, 0.4) is 0 Å². The second kappa shape index (κ2) is 6.75. The predicted molar refractivity (Wildman–Crippen MR) is 74.0 cm³/mol. The van der Waals surface area contributed by atoms with Crippen molar-refractivity contribution in [1.29, 1.82) is 0 Å². The molecule has 0 amide bonds. The van der Waals surface area contributed by atoms with Gasteiger partial charge in [0, 0.05) is 6.54 Å². The molecule has 0 radical (unpaired) electrons. The standard InChI is InChI=1S/C15H30N2/c1-13-5-4-9-17(10-8-13)12-15-7-3-2-6-14(15)11-16/h13-15H,2-12,16H2,1H3. The summed E-state index contributed by atoms with van der Waals surface area (Å²) < 4.78 is 0. The molecule has 2 N–H and O–H groups in total. The van der Waals surface area contributed by atoms with E-state index in [1.54, 1.807) is 0 Å². The lowest BCUT2D eigenvalue weighted by Crippen LogP contribution is -2.37. The average Bonchev–Trinajstić information content (AvgIpc) is 2.55. The second-order valence-corrected chi connectivity index (χ2v) is 6.38. The van der Waals surface area contributed by atoms with Crippen molar-refractivity contribution in [3.8, 4) is 0 Å². The first-order valence-electron chi connectivity index (χ1n) is 7.72. The molecule has 0 aromatic rings. The van der Waals surface area contributed by atoms with Gasteiger partial charge in [0.1, 0.15) is 0 Å². The number of nitrogens with zero attached hydrogens (tertiary/aromatic N) is 1. The zero-order chi connectivity index (χ0) is 12.1. The first-order valence-corrected chi connectivity index (χ1v) is 7.72. The van der Waals surface area contributed by atoms with E-state index in [2.05, 4.69) is 11.8 Å². The van der Waals surface area contributed by atoms with Crippen LogP contribution in [0, 0.1) is 17.8 Å². The Kier molecular flexibility index (Phi) is 5.30. The highest BCUT2D eigenvalue weighted by atomic mass is 15.1. The lowest BCUT2D eigenvalue weighted by molar-refractivity contribution is 0.156. The van der Waals surface area contributed by atoms with Gasteiger partial charge in [-0.05, 0) is 69.5 Å². The fourth-order valence-corrected chi connectivity index (χ4v) is 3.67. The molecule has 2 rings (SSSR count). The Morgan fingerprint density at radius 3 is 2.47 bits per heavy atom. The maximum atomic E-state index is 5.93. The fraction of sp³-hybridized carbons (Fsp3) is 1.00. The molecule has 3 atom stereocenters. The summed E-state index contributed by atoms with van der Waals surface area (Å²) in [4.78, 5) is 2.72. The van der Waals surface area contributed by atoms with Gasteiger partial charge in [-0.3, -0.25) is 0 Å².